The van der Waals surface area contributed by atoms with Crippen molar-refractivity contribution in [2.45, 2.75) is 84.5 Å². The molecule has 0 bridgehead atoms. The Labute approximate surface area is 255 Å². The summed E-state index contributed by atoms with van der Waals surface area (Å²) in [5, 5.41) is 2.41. The predicted octanol–water partition coefficient (Wildman–Crippen LogP) is 8.59. The van der Waals surface area contributed by atoms with E-state index in [1.54, 1.807) is 0 Å². The van der Waals surface area contributed by atoms with Crippen LogP contribution in [-0.2, 0) is 20.9 Å². The number of carbonyl (C=O) groups is 2. The lowest BCUT2D eigenvalue weighted by Gasteiger charge is -2.35. The summed E-state index contributed by atoms with van der Waals surface area (Å²) in [7, 11) is 0. The van der Waals surface area contributed by atoms with Crippen LogP contribution in [0.3, 0.4) is 0 Å². The van der Waals surface area contributed by atoms with E-state index in [4.69, 9.17) is 14.5 Å². The van der Waals surface area contributed by atoms with E-state index in [1.807, 2.05) is 62.2 Å². The summed E-state index contributed by atoms with van der Waals surface area (Å²) in [6.07, 6.45) is 6.30. The van der Waals surface area contributed by atoms with Crippen LogP contribution < -0.4 is 0 Å². The molecule has 1 saturated heterocycles. The molecule has 5 rings (SSSR count). The molecule has 2 aliphatic heterocycles. The number of fused-ring (bicyclic) bond motifs is 1. The molecule has 1 fully saturated rings. The largest absolute Gasteiger partial charge is 0.461 e. The van der Waals surface area contributed by atoms with Crippen LogP contribution >= 0.6 is 0 Å². The van der Waals surface area contributed by atoms with Crippen molar-refractivity contribution >= 4 is 34.1 Å². The van der Waals surface area contributed by atoms with Gasteiger partial charge in [-0.15, -0.1) is 0 Å². The number of amides is 1. The van der Waals surface area contributed by atoms with E-state index in [0.717, 1.165) is 48.9 Å². The minimum absolute atomic E-state index is 0.0700. The second kappa shape index (κ2) is 13.6. The monoisotopic (exact) mass is 580 g/mol. The highest BCUT2D eigenvalue weighted by atomic mass is 16.6. The van der Waals surface area contributed by atoms with Crippen molar-refractivity contribution < 1.29 is 19.1 Å². The number of nitrogens with zero attached hydrogens (tertiary/aromatic N) is 2. The number of benzene rings is 3. The molecule has 3 aromatic rings. The molecule has 0 radical (unpaired) electrons. The number of rotatable bonds is 6. The molecule has 43 heavy (non-hydrogen) atoms. The Hall–Kier alpha value is -3.93. The summed E-state index contributed by atoms with van der Waals surface area (Å²) in [4.78, 5) is 33.2. The van der Waals surface area contributed by atoms with Crippen LogP contribution in [0.1, 0.15) is 77.3 Å². The number of hydrogen-bond donors (Lipinski definition) is 0. The molecule has 3 atom stereocenters. The number of ether oxygens (including phenoxy) is 2. The van der Waals surface area contributed by atoms with Gasteiger partial charge in [-0.2, -0.15) is 0 Å². The number of hydrogen-bond acceptors (Lipinski definition) is 5. The van der Waals surface area contributed by atoms with Crippen LogP contribution in [0.15, 0.2) is 84.0 Å². The zero-order valence-electron chi connectivity index (χ0n) is 25.9. The molecule has 6 nitrogen and oxygen atoms in total. The minimum Gasteiger partial charge on any atom is -0.461 e. The SMILES string of the molecule is CC1C(c2ccc3ccccc3c2)=CN=C1C1CCCC(CC(=O)OCc2ccccc2)CCCN1C(=O)OC(C)(C)C. The van der Waals surface area contributed by atoms with Gasteiger partial charge in [0.1, 0.15) is 12.2 Å². The molecule has 0 aliphatic carbocycles. The Balaban J connectivity index is 1.29. The fourth-order valence-corrected chi connectivity index (χ4v) is 6.28. The van der Waals surface area contributed by atoms with Gasteiger partial charge < -0.3 is 9.47 Å². The Morgan fingerprint density at radius 3 is 2.40 bits per heavy atom. The normalized spacial score (nSPS) is 21.3. The first kappa shape index (κ1) is 30.5. The smallest absolute Gasteiger partial charge is 0.410 e. The summed E-state index contributed by atoms with van der Waals surface area (Å²) in [6.45, 7) is 8.77. The average molecular weight is 581 g/mol. The fraction of sp³-hybridized carbons (Fsp3) is 0.432. The quantitative estimate of drug-likeness (QED) is 0.274. The summed E-state index contributed by atoms with van der Waals surface area (Å²) < 4.78 is 11.5. The molecular weight excluding hydrogens is 536 g/mol. The first-order valence-electron chi connectivity index (χ1n) is 15.6. The van der Waals surface area contributed by atoms with Gasteiger partial charge in [-0.3, -0.25) is 14.7 Å². The highest BCUT2D eigenvalue weighted by Crippen LogP contribution is 2.35. The third kappa shape index (κ3) is 7.92. The van der Waals surface area contributed by atoms with Crippen LogP contribution in [0.5, 0.6) is 0 Å². The lowest BCUT2D eigenvalue weighted by molar-refractivity contribution is -0.146. The topological polar surface area (TPSA) is 68.2 Å². The van der Waals surface area contributed by atoms with Crippen molar-refractivity contribution in [2.24, 2.45) is 16.8 Å². The number of allylic oxidation sites excluding steroid dienone is 1. The van der Waals surface area contributed by atoms with Crippen LogP contribution in [-0.4, -0.2) is 40.9 Å². The van der Waals surface area contributed by atoms with Crippen molar-refractivity contribution in [2.75, 3.05) is 6.54 Å². The second-order valence-corrected chi connectivity index (χ2v) is 12.9. The van der Waals surface area contributed by atoms with Gasteiger partial charge in [-0.05, 0) is 85.9 Å². The maximum absolute atomic E-state index is 13.6. The molecule has 3 unspecified atom stereocenters. The molecular formula is C37H44N2O4. The van der Waals surface area contributed by atoms with Crippen molar-refractivity contribution in [3.8, 4) is 0 Å². The second-order valence-electron chi connectivity index (χ2n) is 12.9. The van der Waals surface area contributed by atoms with E-state index in [2.05, 4.69) is 49.4 Å². The van der Waals surface area contributed by atoms with Gasteiger partial charge in [0, 0.05) is 30.8 Å². The summed E-state index contributed by atoms with van der Waals surface area (Å²) in [6, 6.07) is 24.6. The molecule has 3 aromatic carbocycles. The van der Waals surface area contributed by atoms with E-state index in [-0.39, 0.29) is 29.9 Å². The number of carbonyl (C=O) groups excluding carboxylic acids is 2. The molecule has 0 N–H and O–H groups in total. The fourth-order valence-electron chi connectivity index (χ4n) is 6.28. The molecule has 2 aliphatic rings. The maximum Gasteiger partial charge on any atom is 0.410 e. The van der Waals surface area contributed by atoms with E-state index >= 15 is 0 Å². The van der Waals surface area contributed by atoms with Crippen molar-refractivity contribution in [3.63, 3.8) is 0 Å². The van der Waals surface area contributed by atoms with E-state index in [0.29, 0.717) is 19.6 Å². The Kier molecular flexibility index (Phi) is 9.64. The molecule has 1 amide bonds. The molecule has 0 aromatic heterocycles. The van der Waals surface area contributed by atoms with Gasteiger partial charge in [0.15, 0.2) is 0 Å². The summed E-state index contributed by atoms with van der Waals surface area (Å²) in [5.74, 6) is 0.129. The summed E-state index contributed by atoms with van der Waals surface area (Å²) >= 11 is 0. The van der Waals surface area contributed by atoms with E-state index in [9.17, 15) is 9.59 Å². The van der Waals surface area contributed by atoms with Crippen molar-refractivity contribution in [1.29, 1.82) is 0 Å². The summed E-state index contributed by atoms with van der Waals surface area (Å²) in [5.41, 5.74) is 3.73. The molecule has 0 spiro atoms. The van der Waals surface area contributed by atoms with Crippen LogP contribution in [0.2, 0.25) is 0 Å². The van der Waals surface area contributed by atoms with Crippen LogP contribution in [0, 0.1) is 11.8 Å². The first-order chi connectivity index (χ1) is 20.7. The third-order valence-electron chi connectivity index (χ3n) is 8.49. The van der Waals surface area contributed by atoms with Crippen molar-refractivity contribution in [3.05, 3.63) is 90.1 Å². The van der Waals surface area contributed by atoms with Gasteiger partial charge in [0.05, 0.1) is 6.04 Å². The van der Waals surface area contributed by atoms with Gasteiger partial charge in [-0.25, -0.2) is 4.79 Å². The van der Waals surface area contributed by atoms with Gasteiger partial charge in [-0.1, -0.05) is 80.1 Å². The number of esters is 1. The van der Waals surface area contributed by atoms with E-state index < -0.39 is 5.60 Å². The lowest BCUT2D eigenvalue weighted by atomic mass is 9.86. The third-order valence-corrected chi connectivity index (χ3v) is 8.49. The standard InChI is InChI=1S/C37H44N2O4/c1-26-32(31-20-19-29-16-8-9-17-30(29)23-31)24-38-35(26)33-18-10-14-27(15-11-21-39(33)36(41)43-37(2,3)4)22-34(40)42-25-28-12-6-5-7-13-28/h5-9,12-13,16-17,19-20,23-24,26-27,33H,10-11,14-15,18,21-22,25H2,1-4H3. The molecule has 6 heteroatoms. The molecule has 226 valence electrons. The highest BCUT2D eigenvalue weighted by Gasteiger charge is 2.37. The zero-order valence-corrected chi connectivity index (χ0v) is 25.9. The maximum atomic E-state index is 13.6. The lowest BCUT2D eigenvalue weighted by Crippen LogP contribution is -2.48. The minimum atomic E-state index is -0.595. The van der Waals surface area contributed by atoms with Crippen LogP contribution in [0.25, 0.3) is 16.3 Å². The zero-order chi connectivity index (χ0) is 30.4. The van der Waals surface area contributed by atoms with Gasteiger partial charge in [0.2, 0.25) is 0 Å². The number of aliphatic imine (C=N–C) groups is 1. The Morgan fingerprint density at radius 2 is 1.63 bits per heavy atom. The molecule has 2 heterocycles. The average Bonchev–Trinajstić information content (AvgIpc) is 3.40. The van der Waals surface area contributed by atoms with Crippen LogP contribution in [0.4, 0.5) is 4.79 Å². The predicted molar refractivity (Wildman–Crippen MR) is 173 cm³/mol. The van der Waals surface area contributed by atoms with Crippen molar-refractivity contribution in [1.82, 2.24) is 4.90 Å². The van der Waals surface area contributed by atoms with E-state index in [1.165, 1.54) is 16.3 Å². The van der Waals surface area contributed by atoms with Gasteiger partial charge >= 0.3 is 12.1 Å². The highest BCUT2D eigenvalue weighted by molar-refractivity contribution is 6.05. The Bertz CT molecular complexity index is 1490. The molecule has 0 saturated carbocycles. The van der Waals surface area contributed by atoms with Gasteiger partial charge in [0.25, 0.3) is 0 Å². The Morgan fingerprint density at radius 1 is 0.907 bits per heavy atom. The first-order valence-corrected chi connectivity index (χ1v) is 15.6.